The van der Waals surface area contributed by atoms with Gasteiger partial charge in [-0.2, -0.15) is 0 Å². The van der Waals surface area contributed by atoms with Crippen molar-refractivity contribution < 1.29 is 19.1 Å². The van der Waals surface area contributed by atoms with Crippen LogP contribution >= 0.6 is 15.9 Å². The van der Waals surface area contributed by atoms with Gasteiger partial charge in [0, 0.05) is 16.6 Å². The number of aryl methyl sites for hydroxylation is 1. The molecule has 2 amide bonds. The Balaban J connectivity index is 1.75. The summed E-state index contributed by atoms with van der Waals surface area (Å²) in [5, 5.41) is 5.55. The van der Waals surface area contributed by atoms with Crippen LogP contribution in [0.3, 0.4) is 0 Å². The molecule has 0 aromatic heterocycles. The highest BCUT2D eigenvalue weighted by molar-refractivity contribution is 9.10. The first kappa shape index (κ1) is 28.6. The molecule has 0 heterocycles. The van der Waals surface area contributed by atoms with Crippen molar-refractivity contribution >= 4 is 45.1 Å². The van der Waals surface area contributed by atoms with E-state index in [1.54, 1.807) is 30.3 Å². The number of esters is 1. The summed E-state index contributed by atoms with van der Waals surface area (Å²) in [6, 6.07) is 12.2. The molecule has 2 rings (SSSR count). The van der Waals surface area contributed by atoms with E-state index in [0.29, 0.717) is 17.8 Å². The maximum Gasteiger partial charge on any atom is 0.340 e. The molecule has 2 aromatic rings. The van der Waals surface area contributed by atoms with Crippen molar-refractivity contribution in [1.29, 1.82) is 0 Å². The van der Waals surface area contributed by atoms with Crippen LogP contribution in [0, 0.1) is 6.92 Å². The van der Waals surface area contributed by atoms with Crippen LogP contribution in [-0.4, -0.2) is 24.4 Å². The van der Waals surface area contributed by atoms with Gasteiger partial charge in [0.15, 0.2) is 6.61 Å². The molecule has 35 heavy (non-hydrogen) atoms. The minimum absolute atomic E-state index is 0.128. The number of anilines is 2. The number of halogens is 1. The number of carbonyl (C=O) groups is 3. The van der Waals surface area contributed by atoms with E-state index in [2.05, 4.69) is 33.5 Å². The number of benzene rings is 2. The lowest BCUT2D eigenvalue weighted by atomic mass is 10.1. The summed E-state index contributed by atoms with van der Waals surface area (Å²) in [4.78, 5) is 37.2. The molecule has 2 N–H and O–H groups in total. The lowest BCUT2D eigenvalue weighted by molar-refractivity contribution is -0.119. The van der Waals surface area contributed by atoms with Gasteiger partial charge in [-0.15, -0.1) is 0 Å². The summed E-state index contributed by atoms with van der Waals surface area (Å²) in [5.74, 6) is -1.22. The van der Waals surface area contributed by atoms with E-state index >= 15 is 0 Å². The number of nitrogens with one attached hydrogen (secondary N) is 2. The average Bonchev–Trinajstić information content (AvgIpc) is 2.83. The van der Waals surface area contributed by atoms with Gasteiger partial charge >= 0.3 is 5.97 Å². The Kier molecular flexibility index (Phi) is 13.1. The van der Waals surface area contributed by atoms with Crippen LogP contribution in [0.25, 0.3) is 0 Å². The number of hydrogen-bond donors (Lipinski definition) is 2. The number of unbranched alkanes of at least 4 members (excludes halogenated alkanes) is 8. The van der Waals surface area contributed by atoms with Crippen molar-refractivity contribution in [2.75, 3.05) is 17.2 Å². The molecule has 0 aliphatic heterocycles. The third kappa shape index (κ3) is 11.1. The average molecular weight is 546 g/mol. The summed E-state index contributed by atoms with van der Waals surface area (Å²) >= 11 is 3.38. The van der Waals surface area contributed by atoms with Crippen LogP contribution in [0.1, 0.15) is 87.1 Å². The molecule has 6 nitrogen and oxygen atoms in total. The molecule has 0 bridgehead atoms. The van der Waals surface area contributed by atoms with Crippen LogP contribution in [0.4, 0.5) is 11.4 Å². The molecule has 0 fully saturated rings. The second kappa shape index (κ2) is 16.1. The van der Waals surface area contributed by atoms with Crippen molar-refractivity contribution in [3.05, 3.63) is 58.1 Å². The summed E-state index contributed by atoms with van der Waals surface area (Å²) in [5.41, 5.74) is 2.15. The summed E-state index contributed by atoms with van der Waals surface area (Å²) < 4.78 is 6.11. The Labute approximate surface area is 217 Å². The predicted octanol–water partition coefficient (Wildman–Crippen LogP) is 7.41. The van der Waals surface area contributed by atoms with E-state index in [4.69, 9.17) is 4.74 Å². The zero-order chi connectivity index (χ0) is 25.5. The highest BCUT2D eigenvalue weighted by atomic mass is 79.9. The molecule has 0 spiro atoms. The zero-order valence-electron chi connectivity index (χ0n) is 20.8. The highest BCUT2D eigenvalue weighted by Crippen LogP contribution is 2.20. The Morgan fingerprint density at radius 2 is 1.43 bits per heavy atom. The number of hydrogen-bond acceptors (Lipinski definition) is 4. The Morgan fingerprint density at radius 3 is 2.11 bits per heavy atom. The molecular formula is C28H37BrN2O4. The van der Waals surface area contributed by atoms with Crippen LogP contribution in [-0.2, 0) is 14.3 Å². The van der Waals surface area contributed by atoms with Gasteiger partial charge < -0.3 is 15.4 Å². The fraction of sp³-hybridized carbons (Fsp3) is 0.464. The van der Waals surface area contributed by atoms with Crippen molar-refractivity contribution in [1.82, 2.24) is 0 Å². The summed E-state index contributed by atoms with van der Waals surface area (Å²) in [6.45, 7) is 3.67. The molecule has 0 radical (unpaired) electrons. The second-order valence-electron chi connectivity index (χ2n) is 8.76. The number of para-hydroxylation sites is 1. The first-order chi connectivity index (χ1) is 16.9. The molecule has 0 aliphatic carbocycles. The molecule has 0 aliphatic rings. The Morgan fingerprint density at radius 1 is 0.800 bits per heavy atom. The number of rotatable bonds is 15. The molecule has 0 saturated carbocycles. The largest absolute Gasteiger partial charge is 0.452 e. The standard InChI is InChI=1S/C28H37BrN2O4/c1-3-4-5-6-7-8-9-10-11-16-26(32)31-25-15-13-12-14-23(25)28(34)35-20-27(33)30-24-18-17-22(29)19-21(24)2/h12-15,17-19H,3-11,16,20H2,1-2H3,(H,30,33)(H,31,32). The quantitative estimate of drug-likeness (QED) is 0.180. The van der Waals surface area contributed by atoms with Crippen molar-refractivity contribution in [3.63, 3.8) is 0 Å². The van der Waals surface area contributed by atoms with Crippen molar-refractivity contribution in [3.8, 4) is 0 Å². The fourth-order valence-electron chi connectivity index (χ4n) is 3.74. The SMILES string of the molecule is CCCCCCCCCCCC(=O)Nc1ccccc1C(=O)OCC(=O)Nc1ccc(Br)cc1C. The molecule has 0 atom stereocenters. The van der Waals surface area contributed by atoms with E-state index in [0.717, 1.165) is 29.3 Å². The Bertz CT molecular complexity index is 977. The van der Waals surface area contributed by atoms with Gasteiger partial charge in [-0.05, 0) is 49.2 Å². The third-order valence-corrected chi connectivity index (χ3v) is 6.22. The van der Waals surface area contributed by atoms with E-state index < -0.39 is 18.5 Å². The minimum Gasteiger partial charge on any atom is -0.452 e. The van der Waals surface area contributed by atoms with Crippen LogP contribution in [0.5, 0.6) is 0 Å². The molecule has 7 heteroatoms. The van der Waals surface area contributed by atoms with E-state index in [9.17, 15) is 14.4 Å². The summed E-state index contributed by atoms with van der Waals surface area (Å²) in [6.07, 6.45) is 11.1. The van der Waals surface area contributed by atoms with Crippen molar-refractivity contribution in [2.24, 2.45) is 0 Å². The van der Waals surface area contributed by atoms with Crippen LogP contribution in [0.2, 0.25) is 0 Å². The van der Waals surface area contributed by atoms with Gasteiger partial charge in [-0.3, -0.25) is 9.59 Å². The van der Waals surface area contributed by atoms with Gasteiger partial charge in [0.05, 0.1) is 11.3 Å². The first-order valence-electron chi connectivity index (χ1n) is 12.5. The molecular weight excluding hydrogens is 508 g/mol. The summed E-state index contributed by atoms with van der Waals surface area (Å²) in [7, 11) is 0. The maximum atomic E-state index is 12.6. The lowest BCUT2D eigenvalue weighted by Gasteiger charge is -2.12. The first-order valence-corrected chi connectivity index (χ1v) is 13.3. The smallest absolute Gasteiger partial charge is 0.340 e. The maximum absolute atomic E-state index is 12.6. The molecule has 2 aromatic carbocycles. The number of carbonyl (C=O) groups excluding carboxylic acids is 3. The monoisotopic (exact) mass is 544 g/mol. The van der Waals surface area contributed by atoms with E-state index in [1.165, 1.54) is 38.5 Å². The highest BCUT2D eigenvalue weighted by Gasteiger charge is 2.16. The lowest BCUT2D eigenvalue weighted by Crippen LogP contribution is -2.22. The fourth-order valence-corrected chi connectivity index (χ4v) is 4.22. The van der Waals surface area contributed by atoms with Crippen LogP contribution in [0.15, 0.2) is 46.9 Å². The van der Waals surface area contributed by atoms with E-state index in [1.807, 2.05) is 19.1 Å². The number of amides is 2. The van der Waals surface area contributed by atoms with E-state index in [-0.39, 0.29) is 11.5 Å². The van der Waals surface area contributed by atoms with Gasteiger partial charge in [-0.1, -0.05) is 86.4 Å². The second-order valence-corrected chi connectivity index (χ2v) is 9.67. The topological polar surface area (TPSA) is 84.5 Å². The van der Waals surface area contributed by atoms with Crippen LogP contribution < -0.4 is 10.6 Å². The van der Waals surface area contributed by atoms with Gasteiger partial charge in [0.1, 0.15) is 0 Å². The predicted molar refractivity (Wildman–Crippen MR) is 145 cm³/mol. The van der Waals surface area contributed by atoms with Gasteiger partial charge in [-0.25, -0.2) is 4.79 Å². The third-order valence-electron chi connectivity index (χ3n) is 5.73. The minimum atomic E-state index is -0.661. The molecule has 0 unspecified atom stereocenters. The van der Waals surface area contributed by atoms with Gasteiger partial charge in [0.25, 0.3) is 5.91 Å². The Hall–Kier alpha value is -2.67. The molecule has 0 saturated heterocycles. The number of ether oxygens (including phenoxy) is 1. The van der Waals surface area contributed by atoms with Crippen molar-refractivity contribution in [2.45, 2.75) is 78.1 Å². The molecule has 190 valence electrons. The van der Waals surface area contributed by atoms with Gasteiger partial charge in [0.2, 0.25) is 5.91 Å². The zero-order valence-corrected chi connectivity index (χ0v) is 22.4. The normalized spacial score (nSPS) is 10.6.